The van der Waals surface area contributed by atoms with Gasteiger partial charge in [-0.1, -0.05) is 86.0 Å². The van der Waals surface area contributed by atoms with Crippen molar-refractivity contribution >= 4 is 12.2 Å². The molecule has 0 aromatic heterocycles. The van der Waals surface area contributed by atoms with E-state index in [1.807, 2.05) is 18.2 Å². The van der Waals surface area contributed by atoms with Gasteiger partial charge in [-0.2, -0.15) is 0 Å². The highest BCUT2D eigenvalue weighted by Gasteiger charge is 2.10. The smallest absolute Gasteiger partial charge is 0.00239 e. The maximum atomic E-state index is 3.82. The minimum atomic E-state index is 1.12. The van der Waals surface area contributed by atoms with Gasteiger partial charge in [-0.3, -0.25) is 0 Å². The van der Waals surface area contributed by atoms with Gasteiger partial charge in [0.15, 0.2) is 0 Å². The SMILES string of the molecule is C=Cc1ccc(-c2[c]ccc(C)c2-c2ccc(C=C)cc2)cc1. The van der Waals surface area contributed by atoms with Crippen LogP contribution in [0.5, 0.6) is 0 Å². The Kier molecular flexibility index (Phi) is 4.25. The van der Waals surface area contributed by atoms with Crippen LogP contribution in [0, 0.1) is 13.0 Å². The van der Waals surface area contributed by atoms with Crippen LogP contribution in [-0.4, -0.2) is 0 Å². The first kappa shape index (κ1) is 15.1. The van der Waals surface area contributed by atoms with Gasteiger partial charge in [0.05, 0.1) is 0 Å². The Hall–Kier alpha value is -2.86. The van der Waals surface area contributed by atoms with Crippen molar-refractivity contribution in [2.45, 2.75) is 6.92 Å². The lowest BCUT2D eigenvalue weighted by Crippen LogP contribution is -1.90. The third kappa shape index (κ3) is 3.02. The summed E-state index contributed by atoms with van der Waals surface area (Å²) in [4.78, 5) is 0. The summed E-state index contributed by atoms with van der Waals surface area (Å²) in [6, 6.07) is 24.4. The minimum absolute atomic E-state index is 1.12. The van der Waals surface area contributed by atoms with Crippen LogP contribution in [0.2, 0.25) is 0 Å². The van der Waals surface area contributed by atoms with Gasteiger partial charge in [0.1, 0.15) is 0 Å². The number of benzene rings is 3. The zero-order valence-corrected chi connectivity index (χ0v) is 13.3. The average Bonchev–Trinajstić information content (AvgIpc) is 2.62. The highest BCUT2D eigenvalue weighted by molar-refractivity contribution is 5.85. The van der Waals surface area contributed by atoms with Gasteiger partial charge in [0.2, 0.25) is 0 Å². The molecule has 0 nitrogen and oxygen atoms in total. The average molecular weight is 295 g/mol. The lowest BCUT2D eigenvalue weighted by Gasteiger charge is -2.13. The first-order valence-electron chi connectivity index (χ1n) is 7.70. The van der Waals surface area contributed by atoms with E-state index < -0.39 is 0 Å². The van der Waals surface area contributed by atoms with Gasteiger partial charge in [0.25, 0.3) is 0 Å². The molecule has 0 heterocycles. The van der Waals surface area contributed by atoms with Crippen molar-refractivity contribution in [2.24, 2.45) is 0 Å². The number of hydrogen-bond donors (Lipinski definition) is 0. The van der Waals surface area contributed by atoms with Gasteiger partial charge in [0, 0.05) is 0 Å². The third-order valence-corrected chi connectivity index (χ3v) is 4.08. The zero-order chi connectivity index (χ0) is 16.2. The van der Waals surface area contributed by atoms with Crippen LogP contribution in [-0.2, 0) is 0 Å². The minimum Gasteiger partial charge on any atom is -0.0985 e. The van der Waals surface area contributed by atoms with Crippen LogP contribution in [0.4, 0.5) is 0 Å². The highest BCUT2D eigenvalue weighted by Crippen LogP contribution is 2.34. The van der Waals surface area contributed by atoms with Crippen LogP contribution in [0.15, 0.2) is 73.8 Å². The van der Waals surface area contributed by atoms with E-state index in [4.69, 9.17) is 0 Å². The molecule has 0 spiro atoms. The van der Waals surface area contributed by atoms with Gasteiger partial charge in [-0.05, 0) is 51.9 Å². The maximum Gasteiger partial charge on any atom is -0.00239 e. The Bertz CT molecular complexity index is 834. The number of aryl methyl sites for hydroxylation is 1. The fourth-order valence-electron chi connectivity index (χ4n) is 2.77. The number of hydrogen-bond acceptors (Lipinski definition) is 0. The fourth-order valence-corrected chi connectivity index (χ4v) is 2.77. The lowest BCUT2D eigenvalue weighted by atomic mass is 9.90. The molecule has 3 rings (SSSR count). The molecule has 0 unspecified atom stereocenters. The standard InChI is InChI=1S/C23H19/c1-4-18-9-13-20(14-10-18)22-8-6-7-17(3)23(22)21-15-11-19(5-2)12-16-21/h4-7,9-16H,1-2H2,3H3. The van der Waals surface area contributed by atoms with Gasteiger partial charge >= 0.3 is 0 Å². The second-order valence-electron chi connectivity index (χ2n) is 5.56. The molecule has 0 bridgehead atoms. The van der Waals surface area contributed by atoms with Crippen LogP contribution >= 0.6 is 0 Å². The third-order valence-electron chi connectivity index (χ3n) is 4.08. The molecule has 0 N–H and O–H groups in total. The molecule has 0 atom stereocenters. The molecule has 3 aromatic rings. The van der Waals surface area contributed by atoms with E-state index in [0.29, 0.717) is 0 Å². The molecular formula is C23H19. The molecular weight excluding hydrogens is 276 g/mol. The van der Waals surface area contributed by atoms with Crippen molar-refractivity contribution in [3.63, 3.8) is 0 Å². The van der Waals surface area contributed by atoms with Crippen molar-refractivity contribution in [3.8, 4) is 22.3 Å². The van der Waals surface area contributed by atoms with E-state index in [9.17, 15) is 0 Å². The zero-order valence-electron chi connectivity index (χ0n) is 13.3. The molecule has 0 heteroatoms. The van der Waals surface area contributed by atoms with Crippen molar-refractivity contribution in [1.29, 1.82) is 0 Å². The molecule has 0 saturated heterocycles. The Morgan fingerprint density at radius 3 is 1.78 bits per heavy atom. The lowest BCUT2D eigenvalue weighted by molar-refractivity contribution is 1.44. The van der Waals surface area contributed by atoms with Crippen LogP contribution in [0.1, 0.15) is 16.7 Å². The summed E-state index contributed by atoms with van der Waals surface area (Å²) in [7, 11) is 0. The Labute approximate surface area is 138 Å². The van der Waals surface area contributed by atoms with Gasteiger partial charge in [-0.15, -0.1) is 0 Å². The first-order chi connectivity index (χ1) is 11.2. The molecule has 0 fully saturated rings. The monoisotopic (exact) mass is 295 g/mol. The molecule has 0 saturated carbocycles. The fraction of sp³-hybridized carbons (Fsp3) is 0.0435. The van der Waals surface area contributed by atoms with Gasteiger partial charge < -0.3 is 0 Å². The van der Waals surface area contributed by atoms with E-state index in [1.54, 1.807) is 0 Å². The van der Waals surface area contributed by atoms with Crippen LogP contribution in [0.3, 0.4) is 0 Å². The molecule has 111 valence electrons. The second-order valence-corrected chi connectivity index (χ2v) is 5.56. The van der Waals surface area contributed by atoms with Gasteiger partial charge in [-0.25, -0.2) is 0 Å². The summed E-state index contributed by atoms with van der Waals surface area (Å²) in [5.74, 6) is 0. The van der Waals surface area contributed by atoms with E-state index >= 15 is 0 Å². The topological polar surface area (TPSA) is 0 Å². The normalized spacial score (nSPS) is 10.3. The van der Waals surface area contributed by atoms with E-state index in [0.717, 1.165) is 16.7 Å². The predicted molar refractivity (Wildman–Crippen MR) is 101 cm³/mol. The molecule has 0 amide bonds. The summed E-state index contributed by atoms with van der Waals surface area (Å²) in [5.41, 5.74) is 8.23. The van der Waals surface area contributed by atoms with Crippen molar-refractivity contribution in [2.75, 3.05) is 0 Å². The molecule has 0 aliphatic heterocycles. The Morgan fingerprint density at radius 1 is 0.739 bits per heavy atom. The van der Waals surface area contributed by atoms with Crippen LogP contribution in [0.25, 0.3) is 34.4 Å². The highest BCUT2D eigenvalue weighted by atomic mass is 14.1. The molecule has 1 radical (unpaired) electrons. The van der Waals surface area contributed by atoms with Crippen molar-refractivity contribution in [1.82, 2.24) is 0 Å². The summed E-state index contributed by atoms with van der Waals surface area (Å²) in [6.07, 6.45) is 3.72. The largest absolute Gasteiger partial charge is 0.0985 e. The quantitative estimate of drug-likeness (QED) is 0.521. The van der Waals surface area contributed by atoms with Crippen molar-refractivity contribution in [3.05, 3.63) is 96.6 Å². The van der Waals surface area contributed by atoms with E-state index in [-0.39, 0.29) is 0 Å². The predicted octanol–water partition coefficient (Wildman–Crippen LogP) is 6.42. The number of rotatable bonds is 4. The molecule has 3 aromatic carbocycles. The summed E-state index contributed by atoms with van der Waals surface area (Å²) < 4.78 is 0. The summed E-state index contributed by atoms with van der Waals surface area (Å²) in [6.45, 7) is 9.78. The van der Waals surface area contributed by atoms with E-state index in [2.05, 4.69) is 80.7 Å². The second kappa shape index (κ2) is 6.50. The van der Waals surface area contributed by atoms with E-state index in [1.165, 1.54) is 22.3 Å². The van der Waals surface area contributed by atoms with Crippen LogP contribution < -0.4 is 0 Å². The summed E-state index contributed by atoms with van der Waals surface area (Å²) >= 11 is 0. The molecule has 23 heavy (non-hydrogen) atoms. The van der Waals surface area contributed by atoms with Crippen molar-refractivity contribution < 1.29 is 0 Å². The Balaban J connectivity index is 2.15. The first-order valence-corrected chi connectivity index (χ1v) is 7.70. The molecule has 0 aliphatic carbocycles. The molecule has 0 aliphatic rings. The maximum absolute atomic E-state index is 3.82. The Morgan fingerprint density at radius 2 is 1.26 bits per heavy atom. The summed E-state index contributed by atoms with van der Waals surface area (Å²) in [5, 5.41) is 0.